The monoisotopic (exact) mass is 361 g/mol. The second kappa shape index (κ2) is 7.12. The van der Waals surface area contributed by atoms with E-state index >= 15 is 0 Å². The molecule has 0 aliphatic carbocycles. The number of fused-ring (bicyclic) bond motifs is 1. The summed E-state index contributed by atoms with van der Waals surface area (Å²) in [6, 6.07) is 8.20. The van der Waals surface area contributed by atoms with Crippen molar-refractivity contribution in [3.8, 4) is 17.1 Å². The SMILES string of the molecule is c1cnc(C2CCN(Cc3cnc(-c4ccc5c(c4)CCO5)[nH]3)CC2)nc1. The smallest absolute Gasteiger partial charge is 0.137 e. The molecule has 2 aliphatic rings. The van der Waals surface area contributed by atoms with Gasteiger partial charge in [-0.25, -0.2) is 15.0 Å². The van der Waals surface area contributed by atoms with E-state index in [1.54, 1.807) is 0 Å². The van der Waals surface area contributed by atoms with Gasteiger partial charge in [0.25, 0.3) is 0 Å². The summed E-state index contributed by atoms with van der Waals surface area (Å²) in [7, 11) is 0. The van der Waals surface area contributed by atoms with Crippen LogP contribution < -0.4 is 4.74 Å². The molecule has 2 aliphatic heterocycles. The minimum absolute atomic E-state index is 0.480. The molecule has 138 valence electrons. The molecule has 0 atom stereocenters. The number of ether oxygens (including phenoxy) is 1. The largest absolute Gasteiger partial charge is 0.493 e. The number of benzene rings is 1. The van der Waals surface area contributed by atoms with Crippen LogP contribution in [0.2, 0.25) is 0 Å². The molecule has 6 heteroatoms. The minimum Gasteiger partial charge on any atom is -0.493 e. The highest BCUT2D eigenvalue weighted by Crippen LogP contribution is 2.30. The van der Waals surface area contributed by atoms with Crippen LogP contribution in [0.1, 0.15) is 35.8 Å². The normalized spacial score (nSPS) is 17.6. The Bertz CT molecular complexity index is 915. The van der Waals surface area contributed by atoms with Crippen molar-refractivity contribution in [2.75, 3.05) is 19.7 Å². The Morgan fingerprint density at radius 3 is 2.81 bits per heavy atom. The van der Waals surface area contributed by atoms with Gasteiger partial charge in [-0.05, 0) is 55.8 Å². The molecule has 0 saturated carbocycles. The zero-order valence-electron chi connectivity index (χ0n) is 15.3. The number of hydrogen-bond acceptors (Lipinski definition) is 5. The van der Waals surface area contributed by atoms with E-state index < -0.39 is 0 Å². The van der Waals surface area contributed by atoms with Gasteiger partial charge in [0.2, 0.25) is 0 Å². The third-order valence-corrected chi connectivity index (χ3v) is 5.52. The Balaban J connectivity index is 1.22. The van der Waals surface area contributed by atoms with E-state index in [-0.39, 0.29) is 0 Å². The molecule has 1 N–H and O–H groups in total. The molecular weight excluding hydrogens is 338 g/mol. The lowest BCUT2D eigenvalue weighted by atomic mass is 9.96. The molecule has 0 unspecified atom stereocenters. The highest BCUT2D eigenvalue weighted by molar-refractivity contribution is 5.59. The third-order valence-electron chi connectivity index (χ3n) is 5.52. The van der Waals surface area contributed by atoms with Crippen molar-refractivity contribution in [2.45, 2.75) is 31.7 Å². The van der Waals surface area contributed by atoms with Crippen LogP contribution in [0.15, 0.2) is 42.9 Å². The Morgan fingerprint density at radius 1 is 1.11 bits per heavy atom. The van der Waals surface area contributed by atoms with Gasteiger partial charge >= 0.3 is 0 Å². The number of rotatable bonds is 4. The molecule has 27 heavy (non-hydrogen) atoms. The molecule has 3 aromatic rings. The van der Waals surface area contributed by atoms with Gasteiger partial charge in [0.05, 0.1) is 6.61 Å². The first-order chi connectivity index (χ1) is 13.3. The molecular formula is C21H23N5O. The zero-order valence-corrected chi connectivity index (χ0v) is 15.3. The Kier molecular flexibility index (Phi) is 4.33. The van der Waals surface area contributed by atoms with Crippen molar-refractivity contribution in [1.29, 1.82) is 0 Å². The molecule has 0 amide bonds. The van der Waals surface area contributed by atoms with Gasteiger partial charge in [0.1, 0.15) is 17.4 Å². The van der Waals surface area contributed by atoms with Crippen LogP contribution in [-0.4, -0.2) is 44.5 Å². The lowest BCUT2D eigenvalue weighted by Crippen LogP contribution is -2.33. The standard InChI is InChI=1S/C21H23N5O/c1-7-22-20(23-8-1)15-4-9-26(10-5-15)14-18-13-24-21(25-18)17-2-3-19-16(12-17)6-11-27-19/h1-3,7-8,12-13,15H,4-6,9-11,14H2,(H,24,25). The molecule has 1 fully saturated rings. The molecule has 0 radical (unpaired) electrons. The summed E-state index contributed by atoms with van der Waals surface area (Å²) in [4.78, 5) is 19.4. The van der Waals surface area contributed by atoms with Gasteiger partial charge in [-0.3, -0.25) is 4.90 Å². The fourth-order valence-electron chi connectivity index (χ4n) is 4.03. The fourth-order valence-corrected chi connectivity index (χ4v) is 4.03. The fraction of sp³-hybridized carbons (Fsp3) is 0.381. The van der Waals surface area contributed by atoms with Crippen LogP contribution in [0.5, 0.6) is 5.75 Å². The van der Waals surface area contributed by atoms with E-state index in [1.807, 2.05) is 24.7 Å². The zero-order chi connectivity index (χ0) is 18.1. The summed E-state index contributed by atoms with van der Waals surface area (Å²) in [6.45, 7) is 3.82. The molecule has 1 aromatic carbocycles. The maximum absolute atomic E-state index is 5.59. The minimum atomic E-state index is 0.480. The number of nitrogens with one attached hydrogen (secondary N) is 1. The van der Waals surface area contributed by atoms with E-state index in [2.05, 4.69) is 43.0 Å². The van der Waals surface area contributed by atoms with E-state index in [0.29, 0.717) is 5.92 Å². The number of likely N-dealkylation sites (tertiary alicyclic amines) is 1. The predicted octanol–water partition coefficient (Wildman–Crippen LogP) is 3.18. The van der Waals surface area contributed by atoms with Crippen LogP contribution in [-0.2, 0) is 13.0 Å². The summed E-state index contributed by atoms with van der Waals surface area (Å²) >= 11 is 0. The van der Waals surface area contributed by atoms with Crippen LogP contribution in [0.4, 0.5) is 0 Å². The second-order valence-corrected chi connectivity index (χ2v) is 7.34. The number of aromatic nitrogens is 4. The first kappa shape index (κ1) is 16.4. The number of nitrogens with zero attached hydrogens (tertiary/aromatic N) is 4. The first-order valence-corrected chi connectivity index (χ1v) is 9.64. The topological polar surface area (TPSA) is 66.9 Å². The lowest BCUT2D eigenvalue weighted by Gasteiger charge is -2.30. The summed E-state index contributed by atoms with van der Waals surface area (Å²) < 4.78 is 5.59. The number of piperidine rings is 1. The van der Waals surface area contributed by atoms with E-state index in [1.165, 1.54) is 5.56 Å². The van der Waals surface area contributed by atoms with Crippen molar-refractivity contribution in [1.82, 2.24) is 24.8 Å². The van der Waals surface area contributed by atoms with Gasteiger partial charge < -0.3 is 9.72 Å². The number of imidazole rings is 1. The quantitative estimate of drug-likeness (QED) is 0.773. The summed E-state index contributed by atoms with van der Waals surface area (Å²) in [5.74, 6) is 3.41. The number of hydrogen-bond donors (Lipinski definition) is 1. The summed E-state index contributed by atoms with van der Waals surface area (Å²) in [6.07, 6.45) is 8.84. The van der Waals surface area contributed by atoms with Crippen molar-refractivity contribution >= 4 is 0 Å². The molecule has 0 bridgehead atoms. The van der Waals surface area contributed by atoms with Crippen molar-refractivity contribution < 1.29 is 4.74 Å². The Morgan fingerprint density at radius 2 is 1.96 bits per heavy atom. The second-order valence-electron chi connectivity index (χ2n) is 7.34. The highest BCUT2D eigenvalue weighted by Gasteiger charge is 2.23. The lowest BCUT2D eigenvalue weighted by molar-refractivity contribution is 0.200. The van der Waals surface area contributed by atoms with Crippen molar-refractivity contribution in [3.05, 3.63) is 59.9 Å². The molecule has 4 heterocycles. The van der Waals surface area contributed by atoms with Gasteiger partial charge in [-0.1, -0.05) is 0 Å². The van der Waals surface area contributed by atoms with Gasteiger partial charge in [-0.2, -0.15) is 0 Å². The average molecular weight is 361 g/mol. The van der Waals surface area contributed by atoms with Crippen molar-refractivity contribution in [2.24, 2.45) is 0 Å². The van der Waals surface area contributed by atoms with E-state index in [0.717, 1.165) is 74.2 Å². The van der Waals surface area contributed by atoms with Crippen LogP contribution >= 0.6 is 0 Å². The Labute approximate surface area is 158 Å². The number of aromatic amines is 1. The van der Waals surface area contributed by atoms with Crippen molar-refractivity contribution in [3.63, 3.8) is 0 Å². The first-order valence-electron chi connectivity index (χ1n) is 9.64. The van der Waals surface area contributed by atoms with E-state index in [9.17, 15) is 0 Å². The van der Waals surface area contributed by atoms with Crippen LogP contribution in [0.25, 0.3) is 11.4 Å². The highest BCUT2D eigenvalue weighted by atomic mass is 16.5. The molecule has 5 rings (SSSR count). The third kappa shape index (κ3) is 3.45. The number of H-pyrrole nitrogens is 1. The maximum atomic E-state index is 5.59. The Hall–Kier alpha value is -2.73. The molecule has 1 saturated heterocycles. The van der Waals surface area contributed by atoms with Crippen LogP contribution in [0, 0.1) is 0 Å². The van der Waals surface area contributed by atoms with Gasteiger partial charge in [-0.15, -0.1) is 0 Å². The molecule has 2 aromatic heterocycles. The predicted molar refractivity (Wildman–Crippen MR) is 103 cm³/mol. The maximum Gasteiger partial charge on any atom is 0.137 e. The van der Waals surface area contributed by atoms with Gasteiger partial charge in [0, 0.05) is 48.7 Å². The summed E-state index contributed by atoms with van der Waals surface area (Å²) in [5, 5.41) is 0. The molecule has 0 spiro atoms. The van der Waals surface area contributed by atoms with Gasteiger partial charge in [0.15, 0.2) is 0 Å². The molecule has 6 nitrogen and oxygen atoms in total. The van der Waals surface area contributed by atoms with Crippen LogP contribution in [0.3, 0.4) is 0 Å². The average Bonchev–Trinajstić information content (AvgIpc) is 3.38. The van der Waals surface area contributed by atoms with E-state index in [4.69, 9.17) is 4.74 Å². The summed E-state index contributed by atoms with van der Waals surface area (Å²) in [5.41, 5.74) is 3.57.